The molecule has 0 aliphatic rings. The molecule has 2 N–H and O–H groups in total. The van der Waals surface area contributed by atoms with E-state index in [1.807, 2.05) is 19.1 Å². The molecule has 1 aromatic carbocycles. The molecule has 0 radical (unpaired) electrons. The second-order valence-electron chi connectivity index (χ2n) is 3.16. The highest BCUT2D eigenvalue weighted by Crippen LogP contribution is 2.28. The van der Waals surface area contributed by atoms with Crippen LogP contribution in [0.5, 0.6) is 0 Å². The summed E-state index contributed by atoms with van der Waals surface area (Å²) in [5.74, 6) is 0. The third kappa shape index (κ3) is 2.77. The third-order valence-electron chi connectivity index (χ3n) is 1.95. The summed E-state index contributed by atoms with van der Waals surface area (Å²) in [5, 5.41) is 7.77. The van der Waals surface area contributed by atoms with Gasteiger partial charge in [-0.05, 0) is 24.6 Å². The zero-order valence-electron chi connectivity index (χ0n) is 8.25. The first-order chi connectivity index (χ1) is 7.25. The van der Waals surface area contributed by atoms with Crippen LogP contribution in [0.1, 0.15) is 18.5 Å². The lowest BCUT2D eigenvalue weighted by Crippen LogP contribution is -2.04. The third-order valence-corrected chi connectivity index (χ3v) is 3.74. The maximum atomic E-state index is 5.77. The van der Waals surface area contributed by atoms with E-state index in [9.17, 15) is 0 Å². The summed E-state index contributed by atoms with van der Waals surface area (Å²) >= 11 is 3.16. The Morgan fingerprint density at radius 2 is 2.07 bits per heavy atom. The predicted octanol–water partition coefficient (Wildman–Crippen LogP) is 2.71. The van der Waals surface area contributed by atoms with Crippen molar-refractivity contribution in [1.29, 1.82) is 0 Å². The molecule has 0 aliphatic heterocycles. The highest BCUT2D eigenvalue weighted by Gasteiger charge is 2.02. The van der Waals surface area contributed by atoms with Crippen molar-refractivity contribution in [2.24, 2.45) is 5.73 Å². The van der Waals surface area contributed by atoms with Crippen LogP contribution in [0.3, 0.4) is 0 Å². The van der Waals surface area contributed by atoms with Crippen molar-refractivity contribution < 1.29 is 0 Å². The Kier molecular flexibility index (Phi) is 3.35. The van der Waals surface area contributed by atoms with Gasteiger partial charge in [0.05, 0.1) is 0 Å². The molecule has 1 unspecified atom stereocenters. The fourth-order valence-corrected chi connectivity index (χ4v) is 2.60. The summed E-state index contributed by atoms with van der Waals surface area (Å²) in [4.78, 5) is 1.16. The van der Waals surface area contributed by atoms with Gasteiger partial charge in [0, 0.05) is 10.9 Å². The molecular weight excluding hydrogens is 226 g/mol. The normalized spacial score (nSPS) is 12.7. The molecule has 15 heavy (non-hydrogen) atoms. The zero-order chi connectivity index (χ0) is 10.7. The Bertz CT molecular complexity index is 409. The van der Waals surface area contributed by atoms with Crippen LogP contribution in [-0.2, 0) is 0 Å². The lowest BCUT2D eigenvalue weighted by Gasteiger charge is -2.05. The zero-order valence-corrected chi connectivity index (χ0v) is 9.89. The molecular formula is C10H11N3S2. The van der Waals surface area contributed by atoms with Gasteiger partial charge in [-0.1, -0.05) is 35.2 Å². The van der Waals surface area contributed by atoms with E-state index < -0.39 is 0 Å². The first kappa shape index (κ1) is 10.6. The maximum Gasteiger partial charge on any atom is 0.178 e. The van der Waals surface area contributed by atoms with Gasteiger partial charge in [-0.15, -0.1) is 10.2 Å². The van der Waals surface area contributed by atoms with E-state index >= 15 is 0 Å². The summed E-state index contributed by atoms with van der Waals surface area (Å²) in [6, 6.07) is 8.31. The second-order valence-corrected chi connectivity index (χ2v) is 5.32. The number of rotatable bonds is 3. The van der Waals surface area contributed by atoms with Crippen LogP contribution in [0.15, 0.2) is 39.0 Å². The van der Waals surface area contributed by atoms with Crippen LogP contribution < -0.4 is 5.73 Å². The van der Waals surface area contributed by atoms with Gasteiger partial charge in [-0.2, -0.15) is 0 Å². The highest BCUT2D eigenvalue weighted by molar-refractivity contribution is 8.01. The second kappa shape index (κ2) is 4.74. The largest absolute Gasteiger partial charge is 0.324 e. The lowest BCUT2D eigenvalue weighted by atomic mass is 10.1. The SMILES string of the molecule is CC(N)c1ccc(Sc2nncs2)cc1. The molecule has 1 atom stereocenters. The number of nitrogens with two attached hydrogens (primary N) is 1. The van der Waals surface area contributed by atoms with Gasteiger partial charge in [-0.25, -0.2) is 0 Å². The summed E-state index contributed by atoms with van der Waals surface area (Å²) in [6.45, 7) is 1.98. The number of hydrogen-bond donors (Lipinski definition) is 1. The quantitative estimate of drug-likeness (QED) is 0.891. The van der Waals surface area contributed by atoms with Crippen LogP contribution in [0, 0.1) is 0 Å². The van der Waals surface area contributed by atoms with Crippen LogP contribution >= 0.6 is 23.1 Å². The van der Waals surface area contributed by atoms with Gasteiger partial charge < -0.3 is 5.73 Å². The standard InChI is InChI=1S/C10H11N3S2/c1-7(11)8-2-4-9(5-3-8)15-10-13-12-6-14-10/h2-7H,11H2,1H3. The van der Waals surface area contributed by atoms with E-state index in [0.29, 0.717) is 0 Å². The van der Waals surface area contributed by atoms with Gasteiger partial charge in [0.2, 0.25) is 0 Å². The minimum atomic E-state index is 0.0885. The molecule has 0 fully saturated rings. The van der Waals surface area contributed by atoms with Crippen LogP contribution in [0.2, 0.25) is 0 Å². The topological polar surface area (TPSA) is 51.8 Å². The monoisotopic (exact) mass is 237 g/mol. The number of nitrogens with zero attached hydrogens (tertiary/aromatic N) is 2. The molecule has 2 aromatic rings. The summed E-state index contributed by atoms with van der Waals surface area (Å²) in [6.07, 6.45) is 0. The molecule has 1 aromatic heterocycles. The molecule has 0 bridgehead atoms. The molecule has 3 nitrogen and oxygen atoms in total. The molecule has 0 spiro atoms. The fraction of sp³-hybridized carbons (Fsp3) is 0.200. The van der Waals surface area contributed by atoms with Gasteiger partial charge in [0.15, 0.2) is 4.34 Å². The Morgan fingerprint density at radius 1 is 1.33 bits per heavy atom. The first-order valence-corrected chi connectivity index (χ1v) is 6.25. The Morgan fingerprint density at radius 3 is 2.60 bits per heavy atom. The van der Waals surface area contributed by atoms with Gasteiger partial charge in [-0.3, -0.25) is 0 Å². The van der Waals surface area contributed by atoms with E-state index in [2.05, 4.69) is 22.3 Å². The minimum absolute atomic E-state index is 0.0885. The number of benzene rings is 1. The minimum Gasteiger partial charge on any atom is -0.324 e. The highest BCUT2D eigenvalue weighted by atomic mass is 32.2. The average Bonchev–Trinajstić information content (AvgIpc) is 2.71. The molecule has 0 aliphatic carbocycles. The van der Waals surface area contributed by atoms with E-state index in [1.165, 1.54) is 0 Å². The smallest absolute Gasteiger partial charge is 0.178 e. The Hall–Kier alpha value is -0.910. The number of hydrogen-bond acceptors (Lipinski definition) is 5. The van der Waals surface area contributed by atoms with Crippen molar-refractivity contribution in [3.63, 3.8) is 0 Å². The van der Waals surface area contributed by atoms with E-state index in [1.54, 1.807) is 28.6 Å². The lowest BCUT2D eigenvalue weighted by molar-refractivity contribution is 0.817. The van der Waals surface area contributed by atoms with E-state index in [-0.39, 0.29) is 6.04 Å². The van der Waals surface area contributed by atoms with Crippen molar-refractivity contribution in [3.8, 4) is 0 Å². The van der Waals surface area contributed by atoms with Gasteiger partial charge in [0.1, 0.15) is 5.51 Å². The Balaban J connectivity index is 2.11. The van der Waals surface area contributed by atoms with Crippen LogP contribution in [-0.4, -0.2) is 10.2 Å². The molecule has 0 saturated heterocycles. The molecule has 1 heterocycles. The summed E-state index contributed by atoms with van der Waals surface area (Å²) in [5.41, 5.74) is 8.66. The molecule has 5 heteroatoms. The Labute approximate surface area is 96.7 Å². The number of aromatic nitrogens is 2. The van der Waals surface area contributed by atoms with Crippen molar-refractivity contribution in [2.45, 2.75) is 22.2 Å². The fourth-order valence-electron chi connectivity index (χ4n) is 1.15. The van der Waals surface area contributed by atoms with Crippen molar-refractivity contribution >= 4 is 23.1 Å². The summed E-state index contributed by atoms with van der Waals surface area (Å²) in [7, 11) is 0. The molecule has 78 valence electrons. The first-order valence-electron chi connectivity index (χ1n) is 4.55. The summed E-state index contributed by atoms with van der Waals surface area (Å²) < 4.78 is 0.962. The van der Waals surface area contributed by atoms with Gasteiger partial charge in [0.25, 0.3) is 0 Å². The molecule has 0 saturated carbocycles. The van der Waals surface area contributed by atoms with Crippen molar-refractivity contribution in [1.82, 2.24) is 10.2 Å². The molecule has 0 amide bonds. The van der Waals surface area contributed by atoms with Crippen LogP contribution in [0.4, 0.5) is 0 Å². The van der Waals surface area contributed by atoms with Crippen molar-refractivity contribution in [2.75, 3.05) is 0 Å². The maximum absolute atomic E-state index is 5.77. The van der Waals surface area contributed by atoms with E-state index in [4.69, 9.17) is 5.73 Å². The molecule has 2 rings (SSSR count). The van der Waals surface area contributed by atoms with E-state index in [0.717, 1.165) is 14.8 Å². The van der Waals surface area contributed by atoms with Crippen molar-refractivity contribution in [3.05, 3.63) is 35.3 Å². The van der Waals surface area contributed by atoms with Crippen LogP contribution in [0.25, 0.3) is 0 Å². The predicted molar refractivity (Wildman–Crippen MR) is 63.1 cm³/mol. The van der Waals surface area contributed by atoms with Gasteiger partial charge >= 0.3 is 0 Å². The average molecular weight is 237 g/mol.